The number of piperazine rings is 1. The van der Waals surface area contributed by atoms with Gasteiger partial charge in [0, 0.05) is 32.7 Å². The Kier molecular flexibility index (Phi) is 7.28. The Bertz CT molecular complexity index is 935. The van der Waals surface area contributed by atoms with Crippen molar-refractivity contribution in [2.75, 3.05) is 26.2 Å². The topological polar surface area (TPSA) is 69.7 Å². The zero-order valence-corrected chi connectivity index (χ0v) is 18.7. The highest BCUT2D eigenvalue weighted by Gasteiger charge is 2.31. The molecular weight excluding hydrogens is 398 g/mol. The lowest BCUT2D eigenvalue weighted by molar-refractivity contribution is -0.126. The zero-order chi connectivity index (χ0) is 21.7. The third kappa shape index (κ3) is 5.28. The van der Waals surface area contributed by atoms with Crippen molar-refractivity contribution in [3.8, 4) is 0 Å². The van der Waals surface area contributed by atoms with Gasteiger partial charge < -0.3 is 5.32 Å². The third-order valence-electron chi connectivity index (χ3n) is 5.69. The van der Waals surface area contributed by atoms with E-state index in [-0.39, 0.29) is 11.9 Å². The zero-order valence-electron chi connectivity index (χ0n) is 17.9. The molecule has 0 aliphatic carbocycles. The normalized spacial score (nSPS) is 17.1. The van der Waals surface area contributed by atoms with Gasteiger partial charge in [0.15, 0.2) is 0 Å². The van der Waals surface area contributed by atoms with E-state index in [0.29, 0.717) is 43.5 Å². The van der Waals surface area contributed by atoms with Gasteiger partial charge >= 0.3 is 0 Å². The van der Waals surface area contributed by atoms with Gasteiger partial charge in [-0.05, 0) is 36.1 Å². The molecule has 0 radical (unpaired) electrons. The molecule has 0 unspecified atom stereocenters. The summed E-state index contributed by atoms with van der Waals surface area (Å²) in [6.45, 7) is 8.35. The summed E-state index contributed by atoms with van der Waals surface area (Å²) in [4.78, 5) is 14.9. The Morgan fingerprint density at radius 1 is 0.933 bits per heavy atom. The van der Waals surface area contributed by atoms with Crippen molar-refractivity contribution in [1.29, 1.82) is 0 Å². The van der Waals surface area contributed by atoms with E-state index in [1.807, 2.05) is 54.3 Å². The highest BCUT2D eigenvalue weighted by atomic mass is 32.2. The van der Waals surface area contributed by atoms with Crippen LogP contribution in [0.25, 0.3) is 0 Å². The number of carbonyl (C=O) groups excluding carboxylic acids is 1. The molecule has 1 amide bonds. The average Bonchev–Trinajstić information content (AvgIpc) is 2.77. The van der Waals surface area contributed by atoms with Crippen molar-refractivity contribution in [3.63, 3.8) is 0 Å². The first-order valence-electron chi connectivity index (χ1n) is 10.4. The maximum Gasteiger partial charge on any atom is 0.243 e. The fourth-order valence-corrected chi connectivity index (χ4v) is 5.03. The van der Waals surface area contributed by atoms with E-state index in [4.69, 9.17) is 0 Å². The summed E-state index contributed by atoms with van der Waals surface area (Å²) in [6.07, 6.45) is 0. The number of nitrogens with one attached hydrogen (secondary N) is 1. The molecule has 1 atom stereocenters. The van der Waals surface area contributed by atoms with Gasteiger partial charge in [0.25, 0.3) is 0 Å². The van der Waals surface area contributed by atoms with Gasteiger partial charge in [0.2, 0.25) is 15.9 Å². The highest BCUT2D eigenvalue weighted by molar-refractivity contribution is 7.89. The molecule has 2 aromatic rings. The number of sulfonamides is 1. The van der Waals surface area contributed by atoms with E-state index in [2.05, 4.69) is 19.2 Å². The quantitative estimate of drug-likeness (QED) is 0.735. The summed E-state index contributed by atoms with van der Waals surface area (Å²) in [5.74, 6) is 0.319. The van der Waals surface area contributed by atoms with E-state index in [0.717, 1.165) is 11.1 Å². The summed E-state index contributed by atoms with van der Waals surface area (Å²) in [7, 11) is -3.51. The maximum absolute atomic E-state index is 13.0. The second kappa shape index (κ2) is 9.73. The number of amides is 1. The van der Waals surface area contributed by atoms with Gasteiger partial charge in [0.05, 0.1) is 10.9 Å². The lowest BCUT2D eigenvalue weighted by Gasteiger charge is -2.36. The lowest BCUT2D eigenvalue weighted by atomic mass is 10.0. The van der Waals surface area contributed by atoms with E-state index in [1.165, 1.54) is 4.31 Å². The smallest absolute Gasteiger partial charge is 0.243 e. The van der Waals surface area contributed by atoms with Crippen LogP contribution >= 0.6 is 0 Å². The van der Waals surface area contributed by atoms with Crippen LogP contribution in [-0.2, 0) is 21.4 Å². The molecule has 0 bridgehead atoms. The van der Waals surface area contributed by atoms with Crippen molar-refractivity contribution < 1.29 is 13.2 Å². The van der Waals surface area contributed by atoms with E-state index >= 15 is 0 Å². The highest BCUT2D eigenvalue weighted by Crippen LogP contribution is 2.21. The lowest BCUT2D eigenvalue weighted by Crippen LogP contribution is -2.54. The van der Waals surface area contributed by atoms with Crippen LogP contribution in [0.5, 0.6) is 0 Å². The Hall–Kier alpha value is -2.22. The molecule has 3 rings (SSSR count). The van der Waals surface area contributed by atoms with Gasteiger partial charge in [-0.2, -0.15) is 4.31 Å². The summed E-state index contributed by atoms with van der Waals surface area (Å²) >= 11 is 0. The van der Waals surface area contributed by atoms with Crippen molar-refractivity contribution >= 4 is 15.9 Å². The summed E-state index contributed by atoms with van der Waals surface area (Å²) in [5.41, 5.74) is 2.17. The van der Waals surface area contributed by atoms with Crippen LogP contribution in [0.1, 0.15) is 37.8 Å². The van der Waals surface area contributed by atoms with Gasteiger partial charge in [0.1, 0.15) is 0 Å². The van der Waals surface area contributed by atoms with Crippen LogP contribution in [0, 0.1) is 0 Å². The molecule has 2 aromatic carbocycles. The second-order valence-corrected chi connectivity index (χ2v) is 9.98. The fraction of sp³-hybridized carbons (Fsp3) is 0.435. The minimum absolute atomic E-state index is 0.0422. The first kappa shape index (κ1) is 22.5. The van der Waals surface area contributed by atoms with E-state index in [9.17, 15) is 13.2 Å². The molecule has 162 valence electrons. The molecular formula is C23H31N3O3S. The number of hydrogen-bond acceptors (Lipinski definition) is 4. The van der Waals surface area contributed by atoms with Crippen LogP contribution < -0.4 is 5.32 Å². The molecule has 0 saturated carbocycles. The number of benzene rings is 2. The molecule has 1 N–H and O–H groups in total. The minimum Gasteiger partial charge on any atom is -0.351 e. The molecule has 1 aliphatic rings. The largest absolute Gasteiger partial charge is 0.351 e. The third-order valence-corrected chi connectivity index (χ3v) is 7.61. The van der Waals surface area contributed by atoms with Gasteiger partial charge in [-0.25, -0.2) is 8.42 Å². The second-order valence-electron chi connectivity index (χ2n) is 8.04. The molecule has 1 heterocycles. The standard InChI is InChI=1S/C23H31N3O3S/c1-18(2)21-9-11-22(12-10-21)30(28,29)26-15-13-25(14-16-26)19(3)23(27)24-17-20-7-5-4-6-8-20/h4-12,18-19H,13-17H2,1-3H3,(H,24,27)/t19-/m0/s1. The van der Waals surface area contributed by atoms with Crippen molar-refractivity contribution in [2.45, 2.75) is 44.2 Å². The first-order valence-corrected chi connectivity index (χ1v) is 11.9. The van der Waals surface area contributed by atoms with Crippen molar-refractivity contribution in [3.05, 3.63) is 65.7 Å². The fourth-order valence-electron chi connectivity index (χ4n) is 3.60. The van der Waals surface area contributed by atoms with Gasteiger partial charge in [-0.1, -0.05) is 56.3 Å². The van der Waals surface area contributed by atoms with Crippen LogP contribution in [0.2, 0.25) is 0 Å². The Balaban J connectivity index is 1.54. The number of nitrogens with zero attached hydrogens (tertiary/aromatic N) is 2. The number of hydrogen-bond donors (Lipinski definition) is 1. The molecule has 6 nitrogen and oxygen atoms in total. The Morgan fingerprint density at radius 3 is 2.10 bits per heavy atom. The Morgan fingerprint density at radius 2 is 1.53 bits per heavy atom. The van der Waals surface area contributed by atoms with Crippen LogP contribution in [0.4, 0.5) is 0 Å². The minimum atomic E-state index is -3.51. The molecule has 1 aliphatic heterocycles. The van der Waals surface area contributed by atoms with Gasteiger partial charge in [-0.15, -0.1) is 0 Å². The van der Waals surface area contributed by atoms with Crippen LogP contribution in [0.3, 0.4) is 0 Å². The number of carbonyl (C=O) groups is 1. The predicted octanol–water partition coefficient (Wildman–Crippen LogP) is 2.82. The van der Waals surface area contributed by atoms with Crippen LogP contribution in [0.15, 0.2) is 59.5 Å². The molecule has 30 heavy (non-hydrogen) atoms. The summed E-state index contributed by atoms with van der Waals surface area (Å²) in [6, 6.07) is 16.6. The molecule has 0 aromatic heterocycles. The summed E-state index contributed by atoms with van der Waals surface area (Å²) < 4.78 is 27.4. The molecule has 0 spiro atoms. The maximum atomic E-state index is 13.0. The monoisotopic (exact) mass is 429 g/mol. The number of rotatable bonds is 7. The van der Waals surface area contributed by atoms with E-state index < -0.39 is 10.0 Å². The SMILES string of the molecule is CC(C)c1ccc(S(=O)(=O)N2CCN([C@@H](C)C(=O)NCc3ccccc3)CC2)cc1. The molecule has 7 heteroatoms. The Labute approximate surface area is 179 Å². The summed E-state index contributed by atoms with van der Waals surface area (Å²) in [5, 5.41) is 2.97. The molecule has 1 fully saturated rings. The van der Waals surface area contributed by atoms with Crippen LogP contribution in [-0.4, -0.2) is 55.8 Å². The van der Waals surface area contributed by atoms with Crippen molar-refractivity contribution in [2.24, 2.45) is 0 Å². The first-order chi connectivity index (χ1) is 14.3. The van der Waals surface area contributed by atoms with Gasteiger partial charge in [-0.3, -0.25) is 9.69 Å². The predicted molar refractivity (Wildman–Crippen MR) is 119 cm³/mol. The molecule has 1 saturated heterocycles. The average molecular weight is 430 g/mol. The van der Waals surface area contributed by atoms with Crippen molar-refractivity contribution in [1.82, 2.24) is 14.5 Å². The van der Waals surface area contributed by atoms with E-state index in [1.54, 1.807) is 12.1 Å².